The number of aryl methyl sites for hydroxylation is 1. The monoisotopic (exact) mass is 205 g/mol. The molecule has 0 bridgehead atoms. The lowest BCUT2D eigenvalue weighted by molar-refractivity contribution is -0.0511. The van der Waals surface area contributed by atoms with Gasteiger partial charge in [-0.1, -0.05) is 24.3 Å². The zero-order valence-electron chi connectivity index (χ0n) is 9.66. The highest BCUT2D eigenvalue weighted by molar-refractivity contribution is 5.28. The molecular formula is C13H19NO. The molecule has 1 aliphatic heterocycles. The third kappa shape index (κ3) is 2.21. The van der Waals surface area contributed by atoms with Gasteiger partial charge in [0.15, 0.2) is 0 Å². The molecule has 3 unspecified atom stereocenters. The van der Waals surface area contributed by atoms with E-state index in [1.807, 2.05) is 0 Å². The summed E-state index contributed by atoms with van der Waals surface area (Å²) in [5.41, 5.74) is 2.62. The summed E-state index contributed by atoms with van der Waals surface area (Å²) in [5.74, 6) is 0. The molecule has 0 saturated carbocycles. The molecule has 15 heavy (non-hydrogen) atoms. The molecule has 0 amide bonds. The first-order valence-electron chi connectivity index (χ1n) is 5.63. The second-order valence-corrected chi connectivity index (χ2v) is 4.38. The van der Waals surface area contributed by atoms with E-state index in [1.54, 1.807) is 0 Å². The summed E-state index contributed by atoms with van der Waals surface area (Å²) < 4.78 is 6.00. The van der Waals surface area contributed by atoms with Crippen molar-refractivity contribution in [2.45, 2.75) is 39.0 Å². The van der Waals surface area contributed by atoms with Crippen molar-refractivity contribution >= 4 is 0 Å². The molecule has 2 rings (SSSR count). The van der Waals surface area contributed by atoms with Crippen molar-refractivity contribution in [1.82, 2.24) is 5.32 Å². The number of hydrogen-bond donors (Lipinski definition) is 1. The molecule has 1 aromatic carbocycles. The van der Waals surface area contributed by atoms with Gasteiger partial charge in [0.05, 0.1) is 12.2 Å². The van der Waals surface area contributed by atoms with E-state index in [0.29, 0.717) is 6.04 Å². The van der Waals surface area contributed by atoms with Gasteiger partial charge in [-0.3, -0.25) is 0 Å². The Morgan fingerprint density at radius 2 is 2.00 bits per heavy atom. The van der Waals surface area contributed by atoms with Gasteiger partial charge in [0.1, 0.15) is 0 Å². The van der Waals surface area contributed by atoms with Gasteiger partial charge in [-0.15, -0.1) is 0 Å². The highest BCUT2D eigenvalue weighted by atomic mass is 16.5. The molecule has 1 aromatic rings. The molecule has 0 aromatic heterocycles. The van der Waals surface area contributed by atoms with Crippen LogP contribution in [0.3, 0.4) is 0 Å². The largest absolute Gasteiger partial charge is 0.368 e. The minimum absolute atomic E-state index is 0.206. The second kappa shape index (κ2) is 4.33. The van der Waals surface area contributed by atoms with Crippen LogP contribution in [0.25, 0.3) is 0 Å². The van der Waals surface area contributed by atoms with Gasteiger partial charge in [-0.2, -0.15) is 0 Å². The van der Waals surface area contributed by atoms with Crippen molar-refractivity contribution < 1.29 is 4.74 Å². The Hall–Kier alpha value is -0.860. The van der Waals surface area contributed by atoms with Crippen LogP contribution in [0.4, 0.5) is 0 Å². The average Bonchev–Trinajstić information content (AvgIpc) is 2.23. The van der Waals surface area contributed by atoms with Crippen LogP contribution in [0, 0.1) is 6.92 Å². The first-order valence-corrected chi connectivity index (χ1v) is 5.63. The molecule has 1 N–H and O–H groups in total. The molecule has 0 radical (unpaired) electrons. The first-order chi connectivity index (χ1) is 7.18. The van der Waals surface area contributed by atoms with Crippen LogP contribution >= 0.6 is 0 Å². The SMILES string of the molecule is Cc1ccccc1C1CNC(C)C(C)O1. The maximum Gasteiger partial charge on any atom is 0.0956 e. The normalized spacial score (nSPS) is 31.5. The number of ether oxygens (including phenoxy) is 1. The highest BCUT2D eigenvalue weighted by Crippen LogP contribution is 2.25. The van der Waals surface area contributed by atoms with Crippen LogP contribution in [0.1, 0.15) is 31.1 Å². The van der Waals surface area contributed by atoms with Crippen LogP contribution in [-0.2, 0) is 4.74 Å². The fourth-order valence-electron chi connectivity index (χ4n) is 2.02. The molecule has 2 nitrogen and oxygen atoms in total. The molecule has 82 valence electrons. The molecule has 0 spiro atoms. The first kappa shape index (κ1) is 10.7. The predicted octanol–water partition coefficient (Wildman–Crippen LogP) is 2.43. The van der Waals surface area contributed by atoms with Crippen molar-refractivity contribution in [2.75, 3.05) is 6.54 Å². The molecule has 3 atom stereocenters. The standard InChI is InChI=1S/C13H19NO/c1-9-6-4-5-7-12(9)13-8-14-10(2)11(3)15-13/h4-7,10-11,13-14H,8H2,1-3H3. The predicted molar refractivity (Wildman–Crippen MR) is 61.9 cm³/mol. The van der Waals surface area contributed by atoms with Gasteiger partial charge >= 0.3 is 0 Å². The molecular weight excluding hydrogens is 186 g/mol. The van der Waals surface area contributed by atoms with Crippen molar-refractivity contribution in [3.05, 3.63) is 35.4 Å². The van der Waals surface area contributed by atoms with Crippen LogP contribution in [-0.4, -0.2) is 18.7 Å². The second-order valence-electron chi connectivity index (χ2n) is 4.38. The fraction of sp³-hybridized carbons (Fsp3) is 0.538. The van der Waals surface area contributed by atoms with Gasteiger partial charge in [-0.25, -0.2) is 0 Å². The minimum atomic E-state index is 0.206. The van der Waals surface area contributed by atoms with Crippen LogP contribution < -0.4 is 5.32 Å². The zero-order chi connectivity index (χ0) is 10.8. The van der Waals surface area contributed by atoms with E-state index in [-0.39, 0.29) is 12.2 Å². The van der Waals surface area contributed by atoms with Gasteiger partial charge in [0.25, 0.3) is 0 Å². The Labute approximate surface area is 91.6 Å². The molecule has 1 aliphatic rings. The van der Waals surface area contributed by atoms with Gasteiger partial charge < -0.3 is 10.1 Å². The summed E-state index contributed by atoms with van der Waals surface area (Å²) in [7, 11) is 0. The third-order valence-corrected chi connectivity index (χ3v) is 3.24. The molecule has 1 heterocycles. The van der Waals surface area contributed by atoms with Crippen molar-refractivity contribution in [3.8, 4) is 0 Å². The van der Waals surface area contributed by atoms with Crippen molar-refractivity contribution in [3.63, 3.8) is 0 Å². The lowest BCUT2D eigenvalue weighted by Crippen LogP contribution is -2.46. The maximum atomic E-state index is 6.00. The molecule has 1 fully saturated rings. The Morgan fingerprint density at radius 3 is 2.67 bits per heavy atom. The van der Waals surface area contributed by atoms with E-state index in [0.717, 1.165) is 6.54 Å². The summed E-state index contributed by atoms with van der Waals surface area (Å²) >= 11 is 0. The molecule has 2 heteroatoms. The highest BCUT2D eigenvalue weighted by Gasteiger charge is 2.26. The number of rotatable bonds is 1. The zero-order valence-corrected chi connectivity index (χ0v) is 9.66. The summed E-state index contributed by atoms with van der Waals surface area (Å²) in [5, 5.41) is 3.48. The van der Waals surface area contributed by atoms with E-state index in [2.05, 4.69) is 50.4 Å². The summed E-state index contributed by atoms with van der Waals surface area (Å²) in [6, 6.07) is 8.90. The lowest BCUT2D eigenvalue weighted by Gasteiger charge is -2.34. The van der Waals surface area contributed by atoms with Gasteiger partial charge in [-0.05, 0) is 31.9 Å². The van der Waals surface area contributed by atoms with E-state index >= 15 is 0 Å². The summed E-state index contributed by atoms with van der Waals surface area (Å²) in [6.07, 6.45) is 0.487. The van der Waals surface area contributed by atoms with E-state index in [1.165, 1.54) is 11.1 Å². The van der Waals surface area contributed by atoms with E-state index < -0.39 is 0 Å². The van der Waals surface area contributed by atoms with Crippen molar-refractivity contribution in [1.29, 1.82) is 0 Å². The Balaban J connectivity index is 2.15. The third-order valence-electron chi connectivity index (χ3n) is 3.24. The fourth-order valence-corrected chi connectivity index (χ4v) is 2.02. The minimum Gasteiger partial charge on any atom is -0.368 e. The number of nitrogens with one attached hydrogen (secondary N) is 1. The molecule has 0 aliphatic carbocycles. The van der Waals surface area contributed by atoms with Crippen LogP contribution in [0.15, 0.2) is 24.3 Å². The summed E-state index contributed by atoms with van der Waals surface area (Å²) in [6.45, 7) is 7.35. The lowest BCUT2D eigenvalue weighted by atomic mass is 10.0. The summed E-state index contributed by atoms with van der Waals surface area (Å²) in [4.78, 5) is 0. The number of hydrogen-bond acceptors (Lipinski definition) is 2. The quantitative estimate of drug-likeness (QED) is 0.760. The van der Waals surface area contributed by atoms with E-state index in [9.17, 15) is 0 Å². The number of morpholine rings is 1. The topological polar surface area (TPSA) is 21.3 Å². The smallest absolute Gasteiger partial charge is 0.0956 e. The Bertz CT molecular complexity index is 337. The Kier molecular flexibility index (Phi) is 3.08. The van der Waals surface area contributed by atoms with Crippen LogP contribution in [0.5, 0.6) is 0 Å². The molecule has 1 saturated heterocycles. The number of benzene rings is 1. The average molecular weight is 205 g/mol. The van der Waals surface area contributed by atoms with Crippen LogP contribution in [0.2, 0.25) is 0 Å². The van der Waals surface area contributed by atoms with Gasteiger partial charge in [0.2, 0.25) is 0 Å². The maximum absolute atomic E-state index is 6.00. The Morgan fingerprint density at radius 1 is 1.27 bits per heavy atom. The van der Waals surface area contributed by atoms with Gasteiger partial charge in [0, 0.05) is 12.6 Å². The van der Waals surface area contributed by atoms with Crippen molar-refractivity contribution in [2.24, 2.45) is 0 Å². The van der Waals surface area contributed by atoms with E-state index in [4.69, 9.17) is 4.74 Å².